The van der Waals surface area contributed by atoms with Crippen molar-refractivity contribution in [3.05, 3.63) is 0 Å². The Morgan fingerprint density at radius 2 is 1.82 bits per heavy atom. The van der Waals surface area contributed by atoms with Gasteiger partial charge < -0.3 is 0 Å². The minimum atomic E-state index is 1.03. The summed E-state index contributed by atoms with van der Waals surface area (Å²) < 4.78 is 0. The van der Waals surface area contributed by atoms with Crippen molar-refractivity contribution in [2.75, 3.05) is 0 Å². The van der Waals surface area contributed by atoms with Gasteiger partial charge in [-0.2, -0.15) is 0 Å². The van der Waals surface area contributed by atoms with E-state index in [0.29, 0.717) is 0 Å². The van der Waals surface area contributed by atoms with Gasteiger partial charge in [0.15, 0.2) is 0 Å². The van der Waals surface area contributed by atoms with E-state index in [9.17, 15) is 0 Å². The molecule has 0 heteroatoms. The van der Waals surface area contributed by atoms with E-state index in [1.165, 1.54) is 25.7 Å². The molecule has 2 aliphatic carbocycles. The molecule has 0 N–H and O–H groups in total. The zero-order valence-corrected chi connectivity index (χ0v) is 7.84. The van der Waals surface area contributed by atoms with Crippen LogP contribution in [0.1, 0.15) is 46.0 Å². The van der Waals surface area contributed by atoms with Crippen molar-refractivity contribution in [1.29, 1.82) is 0 Å². The highest BCUT2D eigenvalue weighted by Gasteiger charge is 2.37. The van der Waals surface area contributed by atoms with Gasteiger partial charge in [-0.3, -0.25) is 0 Å². The Morgan fingerprint density at radius 1 is 1.00 bits per heavy atom. The van der Waals surface area contributed by atoms with Crippen molar-refractivity contribution in [3.8, 4) is 0 Å². The van der Waals surface area contributed by atoms with Gasteiger partial charge >= 0.3 is 0 Å². The zero-order valence-electron chi connectivity index (χ0n) is 7.84. The van der Waals surface area contributed by atoms with Crippen molar-refractivity contribution in [2.24, 2.45) is 23.7 Å². The fraction of sp³-hybridized carbons (Fsp3) is 1.00. The molecule has 0 aromatic carbocycles. The fourth-order valence-corrected chi connectivity index (χ4v) is 3.39. The average molecular weight is 152 g/mol. The quantitative estimate of drug-likeness (QED) is 0.498. The highest BCUT2D eigenvalue weighted by atomic mass is 14.4. The van der Waals surface area contributed by atoms with E-state index in [1.807, 2.05) is 0 Å². The Kier molecular flexibility index (Phi) is 1.95. The van der Waals surface area contributed by atoms with Crippen LogP contribution in [0.2, 0.25) is 0 Å². The first-order valence-electron chi connectivity index (χ1n) is 5.27. The lowest BCUT2D eigenvalue weighted by molar-refractivity contribution is 0.197. The Labute approximate surface area is 70.4 Å². The zero-order chi connectivity index (χ0) is 7.84. The van der Waals surface area contributed by atoms with Crippen molar-refractivity contribution in [3.63, 3.8) is 0 Å². The van der Waals surface area contributed by atoms with Crippen LogP contribution in [-0.4, -0.2) is 0 Å². The van der Waals surface area contributed by atoms with Crippen LogP contribution in [0.25, 0.3) is 0 Å². The number of hydrogen-bond acceptors (Lipinski definition) is 0. The molecule has 0 heterocycles. The summed E-state index contributed by atoms with van der Waals surface area (Å²) in [4.78, 5) is 0. The molecule has 0 saturated heterocycles. The minimum absolute atomic E-state index is 1.03. The molecule has 2 rings (SSSR count). The second-order valence-electron chi connectivity index (χ2n) is 4.91. The van der Waals surface area contributed by atoms with Gasteiger partial charge in [-0.1, -0.05) is 33.1 Å². The van der Waals surface area contributed by atoms with Gasteiger partial charge in [0.1, 0.15) is 0 Å². The normalized spacial score (nSPS) is 50.7. The Bertz CT molecular complexity index is 139. The summed E-state index contributed by atoms with van der Waals surface area (Å²) in [5, 5.41) is 0. The molecule has 2 saturated carbocycles. The maximum absolute atomic E-state index is 2.47. The fourth-order valence-electron chi connectivity index (χ4n) is 3.39. The molecule has 64 valence electrons. The van der Waals surface area contributed by atoms with Crippen molar-refractivity contribution in [2.45, 2.75) is 46.0 Å². The summed E-state index contributed by atoms with van der Waals surface area (Å²) >= 11 is 0. The summed E-state index contributed by atoms with van der Waals surface area (Å²) in [5.74, 6) is 4.30. The number of rotatable bonds is 0. The summed E-state index contributed by atoms with van der Waals surface area (Å²) in [6, 6.07) is 0. The predicted octanol–water partition coefficient (Wildman–Crippen LogP) is 3.47. The van der Waals surface area contributed by atoms with E-state index in [1.54, 1.807) is 6.42 Å². The van der Waals surface area contributed by atoms with E-state index >= 15 is 0 Å². The third-order valence-corrected chi connectivity index (χ3v) is 3.95. The molecule has 11 heavy (non-hydrogen) atoms. The molecule has 0 amide bonds. The SMILES string of the molecule is CC1CC2CCC[C@@H](C)C2C1. The monoisotopic (exact) mass is 152 g/mol. The lowest BCUT2D eigenvalue weighted by Gasteiger charge is -2.31. The lowest BCUT2D eigenvalue weighted by atomic mass is 9.75. The molecule has 0 aliphatic heterocycles. The van der Waals surface area contributed by atoms with Crippen LogP contribution >= 0.6 is 0 Å². The predicted molar refractivity (Wildman–Crippen MR) is 48.4 cm³/mol. The van der Waals surface area contributed by atoms with Gasteiger partial charge in [-0.15, -0.1) is 0 Å². The van der Waals surface area contributed by atoms with Crippen LogP contribution in [0, 0.1) is 23.7 Å². The van der Waals surface area contributed by atoms with Gasteiger partial charge in [-0.05, 0) is 36.5 Å². The van der Waals surface area contributed by atoms with Crippen molar-refractivity contribution >= 4 is 0 Å². The molecule has 0 nitrogen and oxygen atoms in total. The Morgan fingerprint density at radius 3 is 2.55 bits per heavy atom. The van der Waals surface area contributed by atoms with Gasteiger partial charge in [0, 0.05) is 0 Å². The van der Waals surface area contributed by atoms with Crippen LogP contribution in [0.5, 0.6) is 0 Å². The van der Waals surface area contributed by atoms with Gasteiger partial charge in [-0.25, -0.2) is 0 Å². The first-order chi connectivity index (χ1) is 5.27. The maximum Gasteiger partial charge on any atom is -0.0357 e. The molecule has 0 spiro atoms. The largest absolute Gasteiger partial charge is 0.0625 e. The van der Waals surface area contributed by atoms with E-state index < -0.39 is 0 Å². The van der Waals surface area contributed by atoms with E-state index in [2.05, 4.69) is 13.8 Å². The number of hydrogen-bond donors (Lipinski definition) is 0. The Balaban J connectivity index is 2.03. The molecular weight excluding hydrogens is 132 g/mol. The maximum atomic E-state index is 2.47. The Hall–Kier alpha value is 0. The van der Waals surface area contributed by atoms with Crippen molar-refractivity contribution < 1.29 is 0 Å². The molecule has 2 aliphatic rings. The molecule has 2 fully saturated rings. The smallest absolute Gasteiger partial charge is 0.0357 e. The molecule has 4 atom stereocenters. The van der Waals surface area contributed by atoms with Crippen molar-refractivity contribution in [1.82, 2.24) is 0 Å². The second-order valence-corrected chi connectivity index (χ2v) is 4.91. The molecule has 0 bridgehead atoms. The van der Waals surface area contributed by atoms with Crippen LogP contribution in [0.15, 0.2) is 0 Å². The summed E-state index contributed by atoms with van der Waals surface area (Å²) in [5.41, 5.74) is 0. The van der Waals surface area contributed by atoms with Crippen LogP contribution in [-0.2, 0) is 0 Å². The van der Waals surface area contributed by atoms with Gasteiger partial charge in [0.05, 0.1) is 0 Å². The molecule has 0 aromatic heterocycles. The first kappa shape index (κ1) is 7.64. The third kappa shape index (κ3) is 1.32. The molecular formula is C11H20. The third-order valence-electron chi connectivity index (χ3n) is 3.95. The lowest BCUT2D eigenvalue weighted by Crippen LogP contribution is -2.21. The van der Waals surface area contributed by atoms with Crippen LogP contribution in [0.4, 0.5) is 0 Å². The molecule has 0 radical (unpaired) electrons. The van der Waals surface area contributed by atoms with E-state index in [4.69, 9.17) is 0 Å². The first-order valence-corrected chi connectivity index (χ1v) is 5.27. The molecule has 3 unspecified atom stereocenters. The van der Waals surface area contributed by atoms with E-state index in [0.717, 1.165) is 23.7 Å². The summed E-state index contributed by atoms with van der Waals surface area (Å²) in [7, 11) is 0. The second kappa shape index (κ2) is 2.80. The van der Waals surface area contributed by atoms with Crippen LogP contribution in [0.3, 0.4) is 0 Å². The van der Waals surface area contributed by atoms with Crippen LogP contribution < -0.4 is 0 Å². The van der Waals surface area contributed by atoms with Gasteiger partial charge in [0.2, 0.25) is 0 Å². The summed E-state index contributed by atoms with van der Waals surface area (Å²) in [6.45, 7) is 4.90. The summed E-state index contributed by atoms with van der Waals surface area (Å²) in [6.07, 6.45) is 7.63. The highest BCUT2D eigenvalue weighted by Crippen LogP contribution is 2.47. The molecule has 0 aromatic rings. The standard InChI is InChI=1S/C11H20/c1-8-6-10-5-3-4-9(2)11(10)7-8/h8-11H,3-7H2,1-2H3/t8?,9-,10?,11?/m1/s1. The topological polar surface area (TPSA) is 0 Å². The average Bonchev–Trinajstić information content (AvgIpc) is 2.31. The number of fused-ring (bicyclic) bond motifs is 1. The minimum Gasteiger partial charge on any atom is -0.0625 e. The van der Waals surface area contributed by atoms with E-state index in [-0.39, 0.29) is 0 Å². The van der Waals surface area contributed by atoms with Gasteiger partial charge in [0.25, 0.3) is 0 Å². The highest BCUT2D eigenvalue weighted by molar-refractivity contribution is 4.87.